The molecule has 2 aromatic heterocycles. The van der Waals surface area contributed by atoms with Crippen LogP contribution in [0.3, 0.4) is 0 Å². The zero-order chi connectivity index (χ0) is 21.8. The number of likely N-dealkylation sites (tertiary alicyclic amines) is 1. The fourth-order valence-electron chi connectivity index (χ4n) is 4.18. The molecule has 1 saturated carbocycles. The quantitative estimate of drug-likeness (QED) is 0.725. The highest BCUT2D eigenvalue weighted by Crippen LogP contribution is 2.35. The predicted octanol–water partition coefficient (Wildman–Crippen LogP) is 3.27. The Morgan fingerprint density at radius 1 is 1.03 bits per heavy atom. The van der Waals surface area contributed by atoms with E-state index in [0.717, 1.165) is 24.2 Å². The van der Waals surface area contributed by atoms with E-state index in [1.807, 2.05) is 4.90 Å². The van der Waals surface area contributed by atoms with Gasteiger partial charge in [0, 0.05) is 37.0 Å². The van der Waals surface area contributed by atoms with Crippen molar-refractivity contribution < 1.29 is 19.0 Å². The van der Waals surface area contributed by atoms with Crippen molar-refractivity contribution in [2.75, 3.05) is 39.6 Å². The highest BCUT2D eigenvalue weighted by molar-refractivity contribution is 5.93. The Bertz CT molecular complexity index is 924. The average molecular weight is 427 g/mol. The Balaban J connectivity index is 1.39. The fraction of sp³-hybridized carbons (Fsp3) is 0.522. The van der Waals surface area contributed by atoms with Crippen LogP contribution in [0.2, 0.25) is 0 Å². The van der Waals surface area contributed by atoms with E-state index in [0.29, 0.717) is 48.6 Å². The average Bonchev–Trinajstić information content (AvgIpc) is 2.77. The van der Waals surface area contributed by atoms with Crippen molar-refractivity contribution in [3.8, 4) is 17.2 Å². The van der Waals surface area contributed by atoms with Crippen LogP contribution in [0, 0.1) is 5.92 Å². The summed E-state index contributed by atoms with van der Waals surface area (Å²) < 4.78 is 16.8. The summed E-state index contributed by atoms with van der Waals surface area (Å²) in [7, 11) is 3.22. The minimum Gasteiger partial charge on any atom is -0.496 e. The standard InChI is InChI=1S/C23H30N4O4/c1-29-19-11-22(24)26-12-17(19)16-6-8-27(9-7-16)23(28)18-10-20(30-2)21(13-25-18)31-14-15-4-3-5-15/h10-13,15-16H,3-9,14H2,1-2H3,(H2,24,26). The Kier molecular flexibility index (Phi) is 6.44. The molecule has 0 unspecified atom stereocenters. The number of carbonyl (C=O) groups is 1. The molecule has 166 valence electrons. The van der Waals surface area contributed by atoms with Gasteiger partial charge in [0.05, 0.1) is 27.0 Å². The second-order valence-electron chi connectivity index (χ2n) is 8.25. The number of pyridine rings is 2. The van der Waals surface area contributed by atoms with Gasteiger partial charge in [-0.2, -0.15) is 0 Å². The summed E-state index contributed by atoms with van der Waals surface area (Å²) >= 11 is 0. The lowest BCUT2D eigenvalue weighted by atomic mass is 9.86. The first-order valence-electron chi connectivity index (χ1n) is 10.8. The number of nitrogens with zero attached hydrogens (tertiary/aromatic N) is 3. The highest BCUT2D eigenvalue weighted by Gasteiger charge is 2.28. The van der Waals surface area contributed by atoms with Crippen molar-refractivity contribution in [1.29, 1.82) is 0 Å². The van der Waals surface area contributed by atoms with E-state index in [-0.39, 0.29) is 11.8 Å². The normalized spacial score (nSPS) is 17.2. The maximum Gasteiger partial charge on any atom is 0.272 e. The molecule has 2 fully saturated rings. The lowest BCUT2D eigenvalue weighted by molar-refractivity contribution is 0.0706. The molecule has 4 rings (SSSR count). The predicted molar refractivity (Wildman–Crippen MR) is 117 cm³/mol. The smallest absolute Gasteiger partial charge is 0.272 e. The lowest BCUT2D eigenvalue weighted by Gasteiger charge is -2.32. The minimum atomic E-state index is -0.0929. The monoisotopic (exact) mass is 426 g/mol. The minimum absolute atomic E-state index is 0.0929. The summed E-state index contributed by atoms with van der Waals surface area (Å²) in [4.78, 5) is 23.4. The van der Waals surface area contributed by atoms with Gasteiger partial charge in [-0.3, -0.25) is 4.79 Å². The van der Waals surface area contributed by atoms with Crippen LogP contribution < -0.4 is 19.9 Å². The van der Waals surface area contributed by atoms with Gasteiger partial charge >= 0.3 is 0 Å². The van der Waals surface area contributed by atoms with Gasteiger partial charge in [-0.1, -0.05) is 6.42 Å². The number of hydrogen-bond donors (Lipinski definition) is 1. The molecule has 2 aliphatic rings. The van der Waals surface area contributed by atoms with Crippen molar-refractivity contribution in [3.05, 3.63) is 35.8 Å². The SMILES string of the molecule is COc1cc(C(=O)N2CCC(c3cnc(N)cc3OC)CC2)ncc1OCC1CCC1. The summed E-state index contributed by atoms with van der Waals surface area (Å²) in [5.41, 5.74) is 7.18. The van der Waals surface area contributed by atoms with Crippen molar-refractivity contribution >= 4 is 11.7 Å². The van der Waals surface area contributed by atoms with Crippen LogP contribution in [0.5, 0.6) is 17.2 Å². The first kappa shape index (κ1) is 21.2. The largest absolute Gasteiger partial charge is 0.496 e. The Labute approximate surface area is 182 Å². The molecule has 3 heterocycles. The molecule has 8 heteroatoms. The third kappa shape index (κ3) is 4.68. The number of piperidine rings is 1. The zero-order valence-electron chi connectivity index (χ0n) is 18.2. The number of methoxy groups -OCH3 is 2. The van der Waals surface area contributed by atoms with E-state index in [9.17, 15) is 4.79 Å². The first-order chi connectivity index (χ1) is 15.1. The maximum atomic E-state index is 13.0. The van der Waals surface area contributed by atoms with E-state index in [1.165, 1.54) is 19.3 Å². The molecular weight excluding hydrogens is 396 g/mol. The van der Waals surface area contributed by atoms with Crippen LogP contribution in [0.1, 0.15) is 54.1 Å². The van der Waals surface area contributed by atoms with Gasteiger partial charge < -0.3 is 24.8 Å². The summed E-state index contributed by atoms with van der Waals surface area (Å²) in [5.74, 6) is 3.12. The van der Waals surface area contributed by atoms with Crippen LogP contribution in [-0.2, 0) is 0 Å². The highest BCUT2D eigenvalue weighted by atomic mass is 16.5. The van der Waals surface area contributed by atoms with E-state index < -0.39 is 0 Å². The molecule has 0 bridgehead atoms. The van der Waals surface area contributed by atoms with Crippen LogP contribution >= 0.6 is 0 Å². The number of aromatic nitrogens is 2. The molecule has 31 heavy (non-hydrogen) atoms. The van der Waals surface area contributed by atoms with E-state index in [1.54, 1.807) is 38.7 Å². The van der Waals surface area contributed by atoms with Crippen molar-refractivity contribution in [1.82, 2.24) is 14.9 Å². The summed E-state index contributed by atoms with van der Waals surface area (Å²) in [6, 6.07) is 3.43. The van der Waals surface area contributed by atoms with E-state index >= 15 is 0 Å². The molecule has 0 spiro atoms. The van der Waals surface area contributed by atoms with E-state index in [4.69, 9.17) is 19.9 Å². The molecule has 0 atom stereocenters. The Hall–Kier alpha value is -3.03. The summed E-state index contributed by atoms with van der Waals surface area (Å²) in [6.07, 6.45) is 8.73. The van der Waals surface area contributed by atoms with Crippen molar-refractivity contribution in [3.63, 3.8) is 0 Å². The first-order valence-corrected chi connectivity index (χ1v) is 10.8. The number of nitrogens with two attached hydrogens (primary N) is 1. The number of nitrogen functional groups attached to an aromatic ring is 1. The third-order valence-corrected chi connectivity index (χ3v) is 6.33. The maximum absolute atomic E-state index is 13.0. The number of rotatable bonds is 7. The molecule has 0 aromatic carbocycles. The molecule has 1 saturated heterocycles. The number of amides is 1. The number of anilines is 1. The second-order valence-corrected chi connectivity index (χ2v) is 8.25. The molecular formula is C23H30N4O4. The third-order valence-electron chi connectivity index (χ3n) is 6.33. The Morgan fingerprint density at radius 3 is 2.42 bits per heavy atom. The zero-order valence-corrected chi connectivity index (χ0v) is 18.2. The van der Waals surface area contributed by atoms with Crippen molar-refractivity contribution in [2.24, 2.45) is 5.92 Å². The Morgan fingerprint density at radius 2 is 1.77 bits per heavy atom. The van der Waals surface area contributed by atoms with Gasteiger partial charge in [-0.25, -0.2) is 9.97 Å². The van der Waals surface area contributed by atoms with Gasteiger partial charge in [0.15, 0.2) is 11.5 Å². The molecule has 1 aliphatic heterocycles. The fourth-order valence-corrected chi connectivity index (χ4v) is 4.18. The molecule has 1 aliphatic carbocycles. The van der Waals surface area contributed by atoms with Crippen molar-refractivity contribution in [2.45, 2.75) is 38.0 Å². The molecule has 0 radical (unpaired) electrons. The molecule has 2 N–H and O–H groups in total. The lowest BCUT2D eigenvalue weighted by Crippen LogP contribution is -2.38. The number of hydrogen-bond acceptors (Lipinski definition) is 7. The van der Waals surface area contributed by atoms with Crippen LogP contribution in [0.4, 0.5) is 5.82 Å². The van der Waals surface area contributed by atoms with Gasteiger partial charge in [0.25, 0.3) is 5.91 Å². The number of carbonyl (C=O) groups excluding carboxylic acids is 1. The molecule has 2 aromatic rings. The van der Waals surface area contributed by atoms with Crippen LogP contribution in [-0.4, -0.2) is 54.7 Å². The van der Waals surface area contributed by atoms with Gasteiger partial charge in [-0.15, -0.1) is 0 Å². The summed E-state index contributed by atoms with van der Waals surface area (Å²) in [6.45, 7) is 1.95. The topological polar surface area (TPSA) is 99.8 Å². The second kappa shape index (κ2) is 9.41. The van der Waals surface area contributed by atoms with Crippen LogP contribution in [0.15, 0.2) is 24.5 Å². The summed E-state index contributed by atoms with van der Waals surface area (Å²) in [5, 5.41) is 0. The molecule has 8 nitrogen and oxygen atoms in total. The molecule has 1 amide bonds. The van der Waals surface area contributed by atoms with E-state index in [2.05, 4.69) is 9.97 Å². The van der Waals surface area contributed by atoms with Gasteiger partial charge in [0.2, 0.25) is 0 Å². The van der Waals surface area contributed by atoms with Gasteiger partial charge in [-0.05, 0) is 37.5 Å². The van der Waals surface area contributed by atoms with Gasteiger partial charge in [0.1, 0.15) is 17.3 Å². The number of ether oxygens (including phenoxy) is 3. The van der Waals surface area contributed by atoms with Crippen LogP contribution in [0.25, 0.3) is 0 Å².